The monoisotopic (exact) mass is 306 g/mol. The Bertz CT molecular complexity index is 596. The van der Waals surface area contributed by atoms with Crippen molar-refractivity contribution in [1.82, 2.24) is 9.88 Å². The van der Waals surface area contributed by atoms with Crippen LogP contribution < -0.4 is 5.56 Å². The minimum Gasteiger partial charge on any atom is -0.326 e. The van der Waals surface area contributed by atoms with Gasteiger partial charge in [0, 0.05) is 18.0 Å². The van der Waals surface area contributed by atoms with Crippen LogP contribution in [-0.2, 0) is 12.8 Å². The highest BCUT2D eigenvalue weighted by atomic mass is 32.2. The van der Waals surface area contributed by atoms with E-state index in [0.717, 1.165) is 62.1 Å². The molecule has 1 atom stereocenters. The molecule has 2 heterocycles. The van der Waals surface area contributed by atoms with E-state index >= 15 is 0 Å². The molecule has 1 aliphatic carbocycles. The van der Waals surface area contributed by atoms with Crippen LogP contribution in [-0.4, -0.2) is 33.5 Å². The Labute approximate surface area is 129 Å². The molecule has 0 saturated carbocycles. The Balaban J connectivity index is 1.89. The maximum atomic E-state index is 12.7. The van der Waals surface area contributed by atoms with E-state index in [4.69, 9.17) is 0 Å². The van der Waals surface area contributed by atoms with Crippen LogP contribution in [0.5, 0.6) is 0 Å². The number of amides is 1. The molecule has 0 bridgehead atoms. The number of thioether (sulfide) groups is 1. The summed E-state index contributed by atoms with van der Waals surface area (Å²) in [5.41, 5.74) is 2.30. The third kappa shape index (κ3) is 2.89. The number of aromatic amines is 1. The van der Waals surface area contributed by atoms with Crippen molar-refractivity contribution >= 4 is 17.7 Å². The standard InChI is InChI=1S/C16H22N2O2S/c1-2-5-14-18(8-9-21-14)16(20)12-10-11-6-3-4-7-13(11)17-15(12)19/h10,14H,2-9H2,1H3,(H,17,19). The molecular formula is C16H22N2O2S. The summed E-state index contributed by atoms with van der Waals surface area (Å²) in [5, 5.41) is 0.234. The highest BCUT2D eigenvalue weighted by Gasteiger charge is 2.31. The van der Waals surface area contributed by atoms with Gasteiger partial charge in [-0.3, -0.25) is 9.59 Å². The molecule has 5 heteroatoms. The van der Waals surface area contributed by atoms with Gasteiger partial charge in [-0.2, -0.15) is 0 Å². The van der Waals surface area contributed by atoms with Crippen LogP contribution in [0.15, 0.2) is 10.9 Å². The Morgan fingerprint density at radius 3 is 3.05 bits per heavy atom. The summed E-state index contributed by atoms with van der Waals surface area (Å²) in [6, 6.07) is 1.85. The molecule has 114 valence electrons. The summed E-state index contributed by atoms with van der Waals surface area (Å²) >= 11 is 1.83. The van der Waals surface area contributed by atoms with Gasteiger partial charge in [-0.25, -0.2) is 0 Å². The Morgan fingerprint density at radius 2 is 2.24 bits per heavy atom. The fourth-order valence-corrected chi connectivity index (χ4v) is 4.59. The van der Waals surface area contributed by atoms with Crippen LogP contribution in [0.25, 0.3) is 0 Å². The van der Waals surface area contributed by atoms with Gasteiger partial charge in [0.2, 0.25) is 0 Å². The molecule has 1 saturated heterocycles. The molecule has 0 radical (unpaired) electrons. The van der Waals surface area contributed by atoms with E-state index < -0.39 is 0 Å². The first-order valence-corrected chi connectivity index (χ1v) is 8.93. The molecule has 1 aliphatic heterocycles. The van der Waals surface area contributed by atoms with Gasteiger partial charge in [0.15, 0.2) is 0 Å². The molecule has 2 aliphatic rings. The van der Waals surface area contributed by atoms with Crippen LogP contribution in [0.4, 0.5) is 0 Å². The number of aromatic nitrogens is 1. The van der Waals surface area contributed by atoms with E-state index in [0.29, 0.717) is 5.56 Å². The second-order valence-electron chi connectivity index (χ2n) is 5.84. The molecule has 1 aromatic rings. The van der Waals surface area contributed by atoms with Crippen LogP contribution in [0.2, 0.25) is 0 Å². The normalized spacial score (nSPS) is 21.4. The van der Waals surface area contributed by atoms with Gasteiger partial charge in [0.05, 0.1) is 5.37 Å². The first kappa shape index (κ1) is 14.7. The predicted octanol–water partition coefficient (Wildman–Crippen LogP) is 2.57. The van der Waals surface area contributed by atoms with Gasteiger partial charge in [0.1, 0.15) is 5.56 Å². The molecule has 1 aromatic heterocycles. The smallest absolute Gasteiger partial charge is 0.261 e. The summed E-state index contributed by atoms with van der Waals surface area (Å²) < 4.78 is 0. The third-order valence-corrected chi connectivity index (χ3v) is 5.65. The molecular weight excluding hydrogens is 284 g/mol. The van der Waals surface area contributed by atoms with Crippen LogP contribution >= 0.6 is 11.8 Å². The van der Waals surface area contributed by atoms with Crippen molar-refractivity contribution in [3.05, 3.63) is 33.2 Å². The van der Waals surface area contributed by atoms with Gasteiger partial charge in [-0.1, -0.05) is 13.3 Å². The lowest BCUT2D eigenvalue weighted by Crippen LogP contribution is -2.38. The number of carbonyl (C=O) groups excluding carboxylic acids is 1. The summed E-state index contributed by atoms with van der Waals surface area (Å²) in [6.07, 6.45) is 6.22. The topological polar surface area (TPSA) is 53.2 Å². The minimum absolute atomic E-state index is 0.0897. The molecule has 21 heavy (non-hydrogen) atoms. The van der Waals surface area contributed by atoms with Crippen molar-refractivity contribution in [2.24, 2.45) is 0 Å². The van der Waals surface area contributed by atoms with Crippen molar-refractivity contribution in [2.45, 2.75) is 50.8 Å². The van der Waals surface area contributed by atoms with Gasteiger partial charge in [0.25, 0.3) is 11.5 Å². The van der Waals surface area contributed by atoms with Crippen molar-refractivity contribution < 1.29 is 4.79 Å². The second kappa shape index (κ2) is 6.26. The number of rotatable bonds is 3. The Kier molecular flexibility index (Phi) is 4.38. The van der Waals surface area contributed by atoms with E-state index in [1.807, 2.05) is 22.7 Å². The lowest BCUT2D eigenvalue weighted by atomic mass is 9.95. The maximum Gasteiger partial charge on any atom is 0.261 e. The largest absolute Gasteiger partial charge is 0.326 e. The van der Waals surface area contributed by atoms with Gasteiger partial charge >= 0.3 is 0 Å². The minimum atomic E-state index is -0.215. The summed E-state index contributed by atoms with van der Waals surface area (Å²) in [6.45, 7) is 2.89. The molecule has 4 nitrogen and oxygen atoms in total. The molecule has 1 amide bonds. The fraction of sp³-hybridized carbons (Fsp3) is 0.625. The van der Waals surface area contributed by atoms with E-state index in [9.17, 15) is 9.59 Å². The molecule has 3 rings (SSSR count). The summed E-state index contributed by atoms with van der Waals surface area (Å²) in [5.74, 6) is 0.882. The van der Waals surface area contributed by atoms with E-state index in [1.165, 1.54) is 0 Å². The van der Waals surface area contributed by atoms with Crippen molar-refractivity contribution in [3.8, 4) is 0 Å². The molecule has 1 fully saturated rings. The highest BCUT2D eigenvalue weighted by Crippen LogP contribution is 2.29. The highest BCUT2D eigenvalue weighted by molar-refractivity contribution is 8.00. The fourth-order valence-electron chi connectivity index (χ4n) is 3.23. The predicted molar refractivity (Wildman–Crippen MR) is 85.9 cm³/mol. The first-order chi connectivity index (χ1) is 10.2. The summed E-state index contributed by atoms with van der Waals surface area (Å²) in [4.78, 5) is 29.8. The second-order valence-corrected chi connectivity index (χ2v) is 7.12. The average Bonchev–Trinajstić information content (AvgIpc) is 2.94. The number of aryl methyl sites for hydroxylation is 2. The Hall–Kier alpha value is -1.23. The molecule has 0 aromatic carbocycles. The number of fused-ring (bicyclic) bond motifs is 1. The quantitative estimate of drug-likeness (QED) is 0.934. The average molecular weight is 306 g/mol. The van der Waals surface area contributed by atoms with Crippen molar-refractivity contribution in [1.29, 1.82) is 0 Å². The zero-order valence-corrected chi connectivity index (χ0v) is 13.3. The number of nitrogens with one attached hydrogen (secondary N) is 1. The van der Waals surface area contributed by atoms with Crippen LogP contribution in [0.3, 0.4) is 0 Å². The zero-order chi connectivity index (χ0) is 14.8. The Morgan fingerprint density at radius 1 is 1.43 bits per heavy atom. The van der Waals surface area contributed by atoms with Crippen molar-refractivity contribution in [2.75, 3.05) is 12.3 Å². The lowest BCUT2D eigenvalue weighted by Gasteiger charge is -2.24. The number of hydrogen-bond acceptors (Lipinski definition) is 3. The van der Waals surface area contributed by atoms with Gasteiger partial charge in [-0.05, 0) is 43.7 Å². The van der Waals surface area contributed by atoms with E-state index in [2.05, 4.69) is 11.9 Å². The molecule has 1 N–H and O–H groups in total. The van der Waals surface area contributed by atoms with Crippen LogP contribution in [0, 0.1) is 0 Å². The number of nitrogens with zero attached hydrogens (tertiary/aromatic N) is 1. The van der Waals surface area contributed by atoms with Gasteiger partial charge < -0.3 is 9.88 Å². The SMILES string of the molecule is CCCC1SCCN1C(=O)c1cc2c([nH]c1=O)CCCC2. The van der Waals surface area contributed by atoms with Gasteiger partial charge in [-0.15, -0.1) is 11.8 Å². The number of H-pyrrole nitrogens is 1. The maximum absolute atomic E-state index is 12.7. The number of pyridine rings is 1. The van der Waals surface area contributed by atoms with E-state index in [1.54, 1.807) is 0 Å². The van der Waals surface area contributed by atoms with E-state index in [-0.39, 0.29) is 16.8 Å². The zero-order valence-electron chi connectivity index (χ0n) is 12.5. The number of hydrogen-bond donors (Lipinski definition) is 1. The molecule has 0 spiro atoms. The summed E-state index contributed by atoms with van der Waals surface area (Å²) in [7, 11) is 0. The molecule has 1 unspecified atom stereocenters. The lowest BCUT2D eigenvalue weighted by molar-refractivity contribution is 0.0754. The number of carbonyl (C=O) groups is 1. The third-order valence-electron chi connectivity index (χ3n) is 4.36. The first-order valence-electron chi connectivity index (χ1n) is 7.88. The van der Waals surface area contributed by atoms with Crippen LogP contribution in [0.1, 0.15) is 54.2 Å². The van der Waals surface area contributed by atoms with Crippen molar-refractivity contribution in [3.63, 3.8) is 0 Å².